The Kier molecular flexibility index (Phi) is 6.46. The number of carbonyl (C=O) groups is 1. The lowest BCUT2D eigenvalue weighted by Gasteiger charge is -2.12. The molecule has 0 aliphatic rings. The molecule has 2 aromatic carbocycles. The third kappa shape index (κ3) is 4.65. The second kappa shape index (κ2) is 9.21. The van der Waals surface area contributed by atoms with Crippen molar-refractivity contribution >= 4 is 22.9 Å². The molecule has 0 spiro atoms. The molecule has 30 heavy (non-hydrogen) atoms. The van der Waals surface area contributed by atoms with Gasteiger partial charge in [-0.05, 0) is 35.7 Å². The monoisotopic (exact) mass is 408 g/mol. The van der Waals surface area contributed by atoms with Gasteiger partial charge in [0.2, 0.25) is 0 Å². The van der Waals surface area contributed by atoms with Crippen LogP contribution in [0.5, 0.6) is 11.5 Å². The molecule has 156 valence electrons. The molecule has 1 N–H and O–H groups in total. The summed E-state index contributed by atoms with van der Waals surface area (Å²) < 4.78 is 12.2. The van der Waals surface area contributed by atoms with E-state index in [1.165, 1.54) is 13.3 Å². The zero-order chi connectivity index (χ0) is 21.7. The van der Waals surface area contributed by atoms with Crippen LogP contribution in [0.3, 0.4) is 0 Å². The molecule has 1 aromatic heterocycles. The highest BCUT2D eigenvalue weighted by atomic mass is 16.5. The number of fused-ring (bicyclic) bond motifs is 1. The van der Waals surface area contributed by atoms with Crippen LogP contribution in [0, 0.1) is 5.92 Å². The number of nitrogens with zero attached hydrogens (tertiary/aromatic N) is 3. The minimum absolute atomic E-state index is 0.125. The maximum absolute atomic E-state index is 12.6. The number of rotatable bonds is 7. The fourth-order valence-electron chi connectivity index (χ4n) is 2.83. The summed E-state index contributed by atoms with van der Waals surface area (Å²) in [4.78, 5) is 24.8. The second-order valence-corrected chi connectivity index (χ2v) is 7.14. The summed E-state index contributed by atoms with van der Waals surface area (Å²) in [5.74, 6) is 1.11. The fraction of sp³-hybridized carbons (Fsp3) is 0.273. The predicted octanol–water partition coefficient (Wildman–Crippen LogP) is 2.74. The Morgan fingerprint density at radius 3 is 2.63 bits per heavy atom. The Labute approximate surface area is 174 Å². The van der Waals surface area contributed by atoms with Crippen LogP contribution in [0.4, 0.5) is 0 Å². The molecule has 0 radical (unpaired) electrons. The molecule has 0 atom stereocenters. The number of carbonyl (C=O) groups excluding carboxylic acids is 1. The number of hydrogen-bond donors (Lipinski definition) is 1. The van der Waals surface area contributed by atoms with Gasteiger partial charge in [-0.3, -0.25) is 9.59 Å². The smallest absolute Gasteiger partial charge is 0.292 e. The second-order valence-electron chi connectivity index (χ2n) is 7.14. The van der Waals surface area contributed by atoms with Gasteiger partial charge in [0, 0.05) is 12.4 Å². The minimum Gasteiger partial charge on any atom is -0.493 e. The van der Waals surface area contributed by atoms with Crippen molar-refractivity contribution in [2.24, 2.45) is 18.1 Å². The van der Waals surface area contributed by atoms with E-state index in [0.717, 1.165) is 10.2 Å². The summed E-state index contributed by atoms with van der Waals surface area (Å²) in [6, 6.07) is 12.2. The van der Waals surface area contributed by atoms with Gasteiger partial charge in [-0.15, -0.1) is 0 Å². The van der Waals surface area contributed by atoms with Crippen molar-refractivity contribution in [2.45, 2.75) is 13.8 Å². The van der Waals surface area contributed by atoms with E-state index in [4.69, 9.17) is 9.47 Å². The van der Waals surface area contributed by atoms with Gasteiger partial charge in [-0.1, -0.05) is 32.0 Å². The van der Waals surface area contributed by atoms with E-state index >= 15 is 0 Å². The summed E-state index contributed by atoms with van der Waals surface area (Å²) in [7, 11) is 3.07. The van der Waals surface area contributed by atoms with Crippen LogP contribution in [-0.2, 0) is 7.05 Å². The van der Waals surface area contributed by atoms with Crippen molar-refractivity contribution in [3.63, 3.8) is 0 Å². The molecule has 1 amide bonds. The van der Waals surface area contributed by atoms with Crippen molar-refractivity contribution in [2.75, 3.05) is 13.7 Å². The topological polar surface area (TPSA) is 94.8 Å². The van der Waals surface area contributed by atoms with Gasteiger partial charge in [0.25, 0.3) is 11.5 Å². The fourth-order valence-corrected chi connectivity index (χ4v) is 2.83. The molecule has 0 fully saturated rings. The van der Waals surface area contributed by atoms with Crippen molar-refractivity contribution < 1.29 is 14.3 Å². The SMILES string of the molecule is COc1cc(/C=N/NC(=O)c2nn(C)c(=O)c3ccccc23)ccc1OCC(C)C. The quantitative estimate of drug-likeness (QED) is 0.479. The Morgan fingerprint density at radius 2 is 1.93 bits per heavy atom. The Morgan fingerprint density at radius 1 is 1.20 bits per heavy atom. The average molecular weight is 408 g/mol. The molecule has 1 heterocycles. The molecule has 0 unspecified atom stereocenters. The molecular weight excluding hydrogens is 384 g/mol. The standard InChI is InChI=1S/C22H24N4O4/c1-14(2)13-30-18-10-9-15(11-19(18)29-4)12-23-24-21(27)20-16-7-5-6-8-17(16)22(28)26(3)25-20/h5-12,14H,13H2,1-4H3,(H,24,27)/b23-12+. The maximum atomic E-state index is 12.6. The highest BCUT2D eigenvalue weighted by molar-refractivity contribution is 6.04. The number of benzene rings is 2. The predicted molar refractivity (Wildman–Crippen MR) is 115 cm³/mol. The first kappa shape index (κ1) is 21.0. The summed E-state index contributed by atoms with van der Waals surface area (Å²) in [6.07, 6.45) is 1.50. The summed E-state index contributed by atoms with van der Waals surface area (Å²) in [5.41, 5.74) is 3.04. The number of hydrogen-bond acceptors (Lipinski definition) is 6. The normalized spacial score (nSPS) is 11.2. The van der Waals surface area contributed by atoms with Crippen LogP contribution in [0.15, 0.2) is 52.4 Å². The van der Waals surface area contributed by atoms with Crippen molar-refractivity contribution in [1.29, 1.82) is 0 Å². The van der Waals surface area contributed by atoms with E-state index in [-0.39, 0.29) is 11.3 Å². The van der Waals surface area contributed by atoms with Crippen LogP contribution in [-0.4, -0.2) is 35.6 Å². The summed E-state index contributed by atoms with van der Waals surface area (Å²) >= 11 is 0. The van der Waals surface area contributed by atoms with Crippen LogP contribution < -0.4 is 20.5 Å². The van der Waals surface area contributed by atoms with Gasteiger partial charge in [0.15, 0.2) is 17.2 Å². The van der Waals surface area contributed by atoms with Crippen LogP contribution in [0.1, 0.15) is 29.9 Å². The number of ether oxygens (including phenoxy) is 2. The van der Waals surface area contributed by atoms with Gasteiger partial charge >= 0.3 is 0 Å². The zero-order valence-electron chi connectivity index (χ0n) is 17.4. The summed E-state index contributed by atoms with van der Waals surface area (Å²) in [5, 5.41) is 8.99. The molecule has 0 bridgehead atoms. The zero-order valence-corrected chi connectivity index (χ0v) is 17.4. The van der Waals surface area contributed by atoms with E-state index in [0.29, 0.717) is 34.8 Å². The largest absolute Gasteiger partial charge is 0.493 e. The Balaban J connectivity index is 1.77. The summed E-state index contributed by atoms with van der Waals surface area (Å²) in [6.45, 7) is 4.72. The molecule has 0 saturated heterocycles. The molecule has 0 aliphatic carbocycles. The van der Waals surface area contributed by atoms with Crippen LogP contribution in [0.2, 0.25) is 0 Å². The Bertz CT molecular complexity index is 1150. The van der Waals surface area contributed by atoms with Gasteiger partial charge in [0.05, 0.1) is 25.3 Å². The van der Waals surface area contributed by atoms with Gasteiger partial charge in [0.1, 0.15) is 0 Å². The first-order valence-corrected chi connectivity index (χ1v) is 9.51. The first-order chi connectivity index (χ1) is 14.4. The number of aryl methyl sites for hydroxylation is 1. The maximum Gasteiger partial charge on any atom is 0.292 e. The first-order valence-electron chi connectivity index (χ1n) is 9.51. The third-order valence-electron chi connectivity index (χ3n) is 4.31. The van der Waals surface area contributed by atoms with E-state index < -0.39 is 5.91 Å². The van der Waals surface area contributed by atoms with E-state index in [2.05, 4.69) is 29.5 Å². The van der Waals surface area contributed by atoms with Crippen LogP contribution in [0.25, 0.3) is 10.8 Å². The van der Waals surface area contributed by atoms with Gasteiger partial charge < -0.3 is 9.47 Å². The molecule has 3 rings (SSSR count). The van der Waals surface area contributed by atoms with Gasteiger partial charge in [-0.25, -0.2) is 10.1 Å². The van der Waals surface area contributed by atoms with E-state index in [1.54, 1.807) is 43.5 Å². The number of methoxy groups -OCH3 is 1. The van der Waals surface area contributed by atoms with Crippen molar-refractivity contribution in [1.82, 2.24) is 15.2 Å². The lowest BCUT2D eigenvalue weighted by Crippen LogP contribution is -2.27. The third-order valence-corrected chi connectivity index (χ3v) is 4.31. The number of hydrazone groups is 1. The average Bonchev–Trinajstić information content (AvgIpc) is 2.75. The molecular formula is C22H24N4O4. The van der Waals surface area contributed by atoms with E-state index in [9.17, 15) is 9.59 Å². The number of amides is 1. The number of aromatic nitrogens is 2. The van der Waals surface area contributed by atoms with Crippen molar-refractivity contribution in [3.05, 3.63) is 64.1 Å². The molecule has 8 heteroatoms. The highest BCUT2D eigenvalue weighted by Gasteiger charge is 2.15. The number of nitrogens with one attached hydrogen (secondary N) is 1. The minimum atomic E-state index is -0.512. The molecule has 8 nitrogen and oxygen atoms in total. The van der Waals surface area contributed by atoms with Crippen LogP contribution >= 0.6 is 0 Å². The van der Waals surface area contributed by atoms with Gasteiger partial charge in [-0.2, -0.15) is 10.2 Å². The lowest BCUT2D eigenvalue weighted by molar-refractivity contribution is 0.0950. The Hall–Kier alpha value is -3.68. The van der Waals surface area contributed by atoms with E-state index in [1.807, 2.05) is 6.07 Å². The lowest BCUT2D eigenvalue weighted by atomic mass is 10.1. The molecule has 0 aliphatic heterocycles. The molecule has 3 aromatic rings. The highest BCUT2D eigenvalue weighted by Crippen LogP contribution is 2.28. The van der Waals surface area contributed by atoms with Crippen molar-refractivity contribution in [3.8, 4) is 11.5 Å². The molecule has 0 saturated carbocycles.